The van der Waals surface area contributed by atoms with Crippen LogP contribution in [0.15, 0.2) is 18.2 Å². The molecule has 0 aliphatic heterocycles. The Hall–Kier alpha value is -1.09. The average molecular weight is 248 g/mol. The van der Waals surface area contributed by atoms with E-state index in [0.29, 0.717) is 5.41 Å². The van der Waals surface area contributed by atoms with Gasteiger partial charge in [0.25, 0.3) is 0 Å². The standard InChI is InChI=1S/C14H20N2S/c1-10-6-5-7-11-12(10)16(13(17)15-11)9-8-14(2,3)4/h5-7H,8-9H2,1-4H3,(H,15,17). The number of nitrogens with zero attached hydrogens (tertiary/aromatic N) is 1. The minimum Gasteiger partial charge on any atom is -0.331 e. The lowest BCUT2D eigenvalue weighted by Gasteiger charge is -2.18. The molecular weight excluding hydrogens is 228 g/mol. The molecular formula is C14H20N2S. The van der Waals surface area contributed by atoms with Crippen molar-refractivity contribution in [2.24, 2.45) is 5.41 Å². The Morgan fingerprint density at radius 1 is 1.29 bits per heavy atom. The van der Waals surface area contributed by atoms with E-state index in [4.69, 9.17) is 12.2 Å². The van der Waals surface area contributed by atoms with E-state index in [0.717, 1.165) is 23.3 Å². The first-order chi connectivity index (χ1) is 7.88. The Bertz CT molecular complexity index is 584. The van der Waals surface area contributed by atoms with Crippen molar-refractivity contribution < 1.29 is 0 Å². The maximum absolute atomic E-state index is 5.41. The molecule has 2 aromatic rings. The van der Waals surface area contributed by atoms with E-state index in [1.54, 1.807) is 0 Å². The molecule has 0 amide bonds. The fraction of sp³-hybridized carbons (Fsp3) is 0.500. The number of aromatic amines is 1. The SMILES string of the molecule is Cc1cccc2[nH]c(=S)n(CCC(C)(C)C)c12. The van der Waals surface area contributed by atoms with Gasteiger partial charge >= 0.3 is 0 Å². The molecule has 0 fully saturated rings. The molecule has 1 aromatic carbocycles. The quantitative estimate of drug-likeness (QED) is 0.779. The lowest BCUT2D eigenvalue weighted by molar-refractivity contribution is 0.352. The van der Waals surface area contributed by atoms with Crippen LogP contribution in [0.4, 0.5) is 0 Å². The summed E-state index contributed by atoms with van der Waals surface area (Å²) in [6.45, 7) is 9.90. The third-order valence-corrected chi connectivity index (χ3v) is 3.40. The molecule has 0 spiro atoms. The van der Waals surface area contributed by atoms with Crippen molar-refractivity contribution in [3.05, 3.63) is 28.5 Å². The monoisotopic (exact) mass is 248 g/mol. The van der Waals surface area contributed by atoms with Gasteiger partial charge < -0.3 is 9.55 Å². The van der Waals surface area contributed by atoms with Gasteiger partial charge in [-0.15, -0.1) is 0 Å². The molecule has 0 atom stereocenters. The Morgan fingerprint density at radius 2 is 2.00 bits per heavy atom. The minimum atomic E-state index is 0.334. The zero-order chi connectivity index (χ0) is 12.6. The van der Waals surface area contributed by atoms with Crippen molar-refractivity contribution in [1.82, 2.24) is 9.55 Å². The molecule has 1 heterocycles. The predicted molar refractivity (Wildman–Crippen MR) is 75.9 cm³/mol. The maximum atomic E-state index is 5.41. The third kappa shape index (κ3) is 2.60. The highest BCUT2D eigenvalue weighted by Gasteiger charge is 2.12. The first kappa shape index (κ1) is 12.4. The van der Waals surface area contributed by atoms with Gasteiger partial charge in [0.1, 0.15) is 0 Å². The Balaban J connectivity index is 2.46. The summed E-state index contributed by atoms with van der Waals surface area (Å²) in [6, 6.07) is 6.29. The number of hydrogen-bond donors (Lipinski definition) is 1. The smallest absolute Gasteiger partial charge is 0.178 e. The van der Waals surface area contributed by atoms with Crippen LogP contribution in [0.2, 0.25) is 0 Å². The Labute approximate surface area is 108 Å². The lowest BCUT2D eigenvalue weighted by atomic mass is 9.92. The Morgan fingerprint density at radius 3 is 2.65 bits per heavy atom. The van der Waals surface area contributed by atoms with Gasteiger partial charge in [-0.3, -0.25) is 0 Å². The number of rotatable bonds is 2. The largest absolute Gasteiger partial charge is 0.331 e. The van der Waals surface area contributed by atoms with Crippen LogP contribution < -0.4 is 0 Å². The number of benzene rings is 1. The van der Waals surface area contributed by atoms with Gasteiger partial charge in [-0.1, -0.05) is 32.9 Å². The summed E-state index contributed by atoms with van der Waals surface area (Å²) < 4.78 is 3.06. The van der Waals surface area contributed by atoms with Crippen LogP contribution in [0.3, 0.4) is 0 Å². The molecule has 0 saturated heterocycles. The van der Waals surface area contributed by atoms with E-state index in [-0.39, 0.29) is 0 Å². The highest BCUT2D eigenvalue weighted by atomic mass is 32.1. The molecule has 0 aliphatic carbocycles. The first-order valence-electron chi connectivity index (χ1n) is 6.07. The van der Waals surface area contributed by atoms with E-state index in [1.165, 1.54) is 11.1 Å². The molecule has 2 nitrogen and oxygen atoms in total. The van der Waals surface area contributed by atoms with E-state index in [9.17, 15) is 0 Å². The van der Waals surface area contributed by atoms with Crippen molar-refractivity contribution in [1.29, 1.82) is 0 Å². The second-order valence-corrected chi connectivity index (χ2v) is 6.25. The van der Waals surface area contributed by atoms with E-state index in [1.807, 2.05) is 0 Å². The van der Waals surface area contributed by atoms with Gasteiger partial charge in [0.2, 0.25) is 0 Å². The number of para-hydroxylation sites is 1. The van der Waals surface area contributed by atoms with Gasteiger partial charge in [-0.05, 0) is 42.6 Å². The van der Waals surface area contributed by atoms with Crippen molar-refractivity contribution in [3.8, 4) is 0 Å². The van der Waals surface area contributed by atoms with Crippen LogP contribution in [-0.2, 0) is 6.54 Å². The normalized spacial score (nSPS) is 12.2. The molecule has 92 valence electrons. The number of hydrogen-bond acceptors (Lipinski definition) is 1. The summed E-state index contributed by atoms with van der Waals surface area (Å²) in [7, 11) is 0. The molecule has 0 aliphatic rings. The van der Waals surface area contributed by atoms with Crippen molar-refractivity contribution in [3.63, 3.8) is 0 Å². The van der Waals surface area contributed by atoms with Gasteiger partial charge in [-0.25, -0.2) is 0 Å². The summed E-state index contributed by atoms with van der Waals surface area (Å²) in [5, 5.41) is 0. The van der Waals surface area contributed by atoms with Crippen molar-refractivity contribution in [2.75, 3.05) is 0 Å². The van der Waals surface area contributed by atoms with Crippen LogP contribution in [-0.4, -0.2) is 9.55 Å². The highest BCUT2D eigenvalue weighted by Crippen LogP contribution is 2.23. The first-order valence-corrected chi connectivity index (χ1v) is 6.47. The summed E-state index contributed by atoms with van der Waals surface area (Å²) in [6.07, 6.45) is 1.13. The summed E-state index contributed by atoms with van der Waals surface area (Å²) >= 11 is 5.41. The van der Waals surface area contributed by atoms with Crippen LogP contribution >= 0.6 is 12.2 Å². The molecule has 2 rings (SSSR count). The van der Waals surface area contributed by atoms with Gasteiger partial charge in [-0.2, -0.15) is 0 Å². The second kappa shape index (κ2) is 4.30. The molecule has 1 aromatic heterocycles. The Kier molecular flexibility index (Phi) is 3.13. The fourth-order valence-corrected chi connectivity index (χ4v) is 2.36. The number of aryl methyl sites for hydroxylation is 2. The van der Waals surface area contributed by atoms with Crippen LogP contribution in [0.25, 0.3) is 11.0 Å². The second-order valence-electron chi connectivity index (χ2n) is 5.86. The molecule has 1 N–H and O–H groups in total. The molecule has 0 unspecified atom stereocenters. The number of H-pyrrole nitrogens is 1. The predicted octanol–water partition coefficient (Wildman–Crippen LogP) is 4.44. The molecule has 0 bridgehead atoms. The summed E-state index contributed by atoms with van der Waals surface area (Å²) in [4.78, 5) is 3.28. The fourth-order valence-electron chi connectivity index (χ4n) is 2.06. The lowest BCUT2D eigenvalue weighted by Crippen LogP contribution is -2.10. The van der Waals surface area contributed by atoms with Crippen molar-refractivity contribution in [2.45, 2.75) is 40.7 Å². The summed E-state index contributed by atoms with van der Waals surface area (Å²) in [5.74, 6) is 0. The van der Waals surface area contributed by atoms with Gasteiger partial charge in [0, 0.05) is 6.54 Å². The molecule has 17 heavy (non-hydrogen) atoms. The zero-order valence-electron chi connectivity index (χ0n) is 11.0. The highest BCUT2D eigenvalue weighted by molar-refractivity contribution is 7.71. The molecule has 3 heteroatoms. The number of imidazole rings is 1. The third-order valence-electron chi connectivity index (χ3n) is 3.08. The number of aromatic nitrogens is 2. The maximum Gasteiger partial charge on any atom is 0.178 e. The van der Waals surface area contributed by atoms with Gasteiger partial charge in [0.15, 0.2) is 4.77 Å². The van der Waals surface area contributed by atoms with Crippen LogP contribution in [0.5, 0.6) is 0 Å². The topological polar surface area (TPSA) is 20.7 Å². The van der Waals surface area contributed by atoms with Crippen LogP contribution in [0, 0.1) is 17.1 Å². The zero-order valence-corrected chi connectivity index (χ0v) is 11.8. The van der Waals surface area contributed by atoms with E-state index >= 15 is 0 Å². The van der Waals surface area contributed by atoms with Gasteiger partial charge in [0.05, 0.1) is 11.0 Å². The number of nitrogens with one attached hydrogen (secondary N) is 1. The summed E-state index contributed by atoms with van der Waals surface area (Å²) in [5.41, 5.74) is 4.01. The van der Waals surface area contributed by atoms with E-state index < -0.39 is 0 Å². The van der Waals surface area contributed by atoms with Crippen molar-refractivity contribution >= 4 is 23.3 Å². The minimum absolute atomic E-state index is 0.334. The van der Waals surface area contributed by atoms with E-state index in [2.05, 4.69) is 55.4 Å². The molecule has 0 saturated carbocycles. The molecule has 0 radical (unpaired) electrons. The average Bonchev–Trinajstić information content (AvgIpc) is 2.51. The number of fused-ring (bicyclic) bond motifs is 1. The van der Waals surface area contributed by atoms with Crippen LogP contribution in [0.1, 0.15) is 32.8 Å².